The van der Waals surface area contributed by atoms with Gasteiger partial charge in [0.05, 0.1) is 0 Å². The van der Waals surface area contributed by atoms with Crippen LogP contribution < -0.4 is 0 Å². The molecule has 1 aliphatic heterocycles. The summed E-state index contributed by atoms with van der Waals surface area (Å²) in [7, 11) is 5.45. The first-order valence-corrected chi connectivity index (χ1v) is 3.45. The zero-order chi connectivity index (χ0) is 7.56. The molecule has 0 spiro atoms. The van der Waals surface area contributed by atoms with Crippen LogP contribution in [-0.2, 0) is 4.79 Å². The van der Waals surface area contributed by atoms with E-state index in [0.717, 1.165) is 12.8 Å². The summed E-state index contributed by atoms with van der Waals surface area (Å²) in [6.45, 7) is 3.60. The van der Waals surface area contributed by atoms with Crippen molar-refractivity contribution >= 4 is 13.9 Å². The molecule has 2 nitrogen and oxygen atoms in total. The molecule has 0 bridgehead atoms. The fraction of sp³-hybridized carbons (Fsp3) is 0.571. The third-order valence-corrected chi connectivity index (χ3v) is 1.81. The minimum atomic E-state index is 0.0242. The van der Waals surface area contributed by atoms with E-state index < -0.39 is 0 Å². The average molecular weight is 135 g/mol. The van der Waals surface area contributed by atoms with Crippen molar-refractivity contribution in [3.05, 3.63) is 12.7 Å². The second-order valence-corrected chi connectivity index (χ2v) is 2.50. The van der Waals surface area contributed by atoms with Crippen molar-refractivity contribution < 1.29 is 4.79 Å². The van der Waals surface area contributed by atoms with Crippen molar-refractivity contribution in [2.45, 2.75) is 25.3 Å². The van der Waals surface area contributed by atoms with E-state index in [0.29, 0.717) is 6.42 Å². The van der Waals surface area contributed by atoms with Crippen molar-refractivity contribution in [2.75, 3.05) is 0 Å². The number of piperidine rings is 1. The van der Waals surface area contributed by atoms with Crippen molar-refractivity contribution in [3.63, 3.8) is 0 Å². The second kappa shape index (κ2) is 2.91. The molecule has 1 aliphatic rings. The standard InChI is InChI=1S/C7H10BNO/c1-2-6-4-3-5-7(10)9(6)8/h2,6H,1,3-5H2. The Bertz CT molecular complexity index is 158. The van der Waals surface area contributed by atoms with Crippen LogP contribution >= 0.6 is 0 Å². The number of amides is 1. The molecular weight excluding hydrogens is 125 g/mol. The average Bonchev–Trinajstić information content (AvgIpc) is 1.95. The van der Waals surface area contributed by atoms with E-state index in [1.165, 1.54) is 4.81 Å². The lowest BCUT2D eigenvalue weighted by Crippen LogP contribution is -2.40. The van der Waals surface area contributed by atoms with Gasteiger partial charge in [-0.15, -0.1) is 6.58 Å². The molecule has 0 aromatic heterocycles. The summed E-state index contributed by atoms with van der Waals surface area (Å²) in [6.07, 6.45) is 4.19. The minimum Gasteiger partial charge on any atom is -0.391 e. The first-order chi connectivity index (χ1) is 4.75. The largest absolute Gasteiger partial charge is 0.391 e. The summed E-state index contributed by atoms with van der Waals surface area (Å²) in [4.78, 5) is 12.2. The summed E-state index contributed by atoms with van der Waals surface area (Å²) in [5.41, 5.74) is 0. The summed E-state index contributed by atoms with van der Waals surface area (Å²) < 4.78 is 0. The molecule has 10 heavy (non-hydrogen) atoms. The Balaban J connectivity index is 2.59. The lowest BCUT2D eigenvalue weighted by molar-refractivity contribution is -0.129. The minimum absolute atomic E-state index is 0.0242. The van der Waals surface area contributed by atoms with Crippen molar-refractivity contribution in [1.29, 1.82) is 0 Å². The highest BCUT2D eigenvalue weighted by molar-refractivity contribution is 6.14. The molecule has 0 N–H and O–H groups in total. The predicted molar refractivity (Wildman–Crippen MR) is 40.4 cm³/mol. The Morgan fingerprint density at radius 1 is 1.80 bits per heavy atom. The molecule has 1 heterocycles. The second-order valence-electron chi connectivity index (χ2n) is 2.50. The van der Waals surface area contributed by atoms with E-state index in [2.05, 4.69) is 6.58 Å². The number of rotatable bonds is 1. The first-order valence-electron chi connectivity index (χ1n) is 3.45. The lowest BCUT2D eigenvalue weighted by Gasteiger charge is -2.30. The third kappa shape index (κ3) is 1.23. The fourth-order valence-corrected chi connectivity index (χ4v) is 1.15. The topological polar surface area (TPSA) is 20.3 Å². The molecule has 52 valence electrons. The van der Waals surface area contributed by atoms with E-state index in [1.54, 1.807) is 6.08 Å². The van der Waals surface area contributed by atoms with Gasteiger partial charge in [0.15, 0.2) is 0 Å². The first kappa shape index (κ1) is 7.38. The smallest absolute Gasteiger partial charge is 0.231 e. The molecule has 1 amide bonds. The molecule has 3 heteroatoms. The molecule has 0 saturated carbocycles. The number of carbonyl (C=O) groups is 1. The van der Waals surface area contributed by atoms with Gasteiger partial charge in [0.1, 0.15) is 0 Å². The van der Waals surface area contributed by atoms with Crippen LogP contribution in [0.4, 0.5) is 0 Å². The maximum atomic E-state index is 10.9. The van der Waals surface area contributed by atoms with Gasteiger partial charge < -0.3 is 4.81 Å². The summed E-state index contributed by atoms with van der Waals surface area (Å²) in [5.74, 6) is 0.0242. The Hall–Kier alpha value is -0.725. The molecule has 1 rings (SSSR count). The highest BCUT2D eigenvalue weighted by atomic mass is 16.2. The Kier molecular flexibility index (Phi) is 2.15. The van der Waals surface area contributed by atoms with E-state index >= 15 is 0 Å². The zero-order valence-corrected chi connectivity index (χ0v) is 5.92. The van der Waals surface area contributed by atoms with E-state index in [-0.39, 0.29) is 11.9 Å². The van der Waals surface area contributed by atoms with Gasteiger partial charge in [0.25, 0.3) is 0 Å². The van der Waals surface area contributed by atoms with Crippen molar-refractivity contribution in [3.8, 4) is 0 Å². The maximum Gasteiger partial charge on any atom is 0.231 e. The number of hydrogen-bond acceptors (Lipinski definition) is 1. The van der Waals surface area contributed by atoms with Crippen LogP contribution in [0.25, 0.3) is 0 Å². The molecule has 1 atom stereocenters. The van der Waals surface area contributed by atoms with Gasteiger partial charge in [-0.1, -0.05) is 6.08 Å². The van der Waals surface area contributed by atoms with Crippen LogP contribution in [0.2, 0.25) is 0 Å². The van der Waals surface area contributed by atoms with Gasteiger partial charge in [-0.3, -0.25) is 4.79 Å². The van der Waals surface area contributed by atoms with Crippen LogP contribution in [0.15, 0.2) is 12.7 Å². The fourth-order valence-electron chi connectivity index (χ4n) is 1.15. The van der Waals surface area contributed by atoms with E-state index in [9.17, 15) is 4.79 Å². The predicted octanol–water partition coefficient (Wildman–Crippen LogP) is 0.637. The summed E-state index contributed by atoms with van der Waals surface area (Å²) >= 11 is 0. The van der Waals surface area contributed by atoms with Crippen LogP contribution in [0.5, 0.6) is 0 Å². The Labute approximate surface area is 62.3 Å². The van der Waals surface area contributed by atoms with Crippen molar-refractivity contribution in [1.82, 2.24) is 4.81 Å². The molecule has 0 aromatic rings. The van der Waals surface area contributed by atoms with Crippen LogP contribution in [0.3, 0.4) is 0 Å². The molecule has 1 fully saturated rings. The monoisotopic (exact) mass is 135 g/mol. The van der Waals surface area contributed by atoms with Gasteiger partial charge >= 0.3 is 0 Å². The quantitative estimate of drug-likeness (QED) is 0.381. The molecule has 1 unspecified atom stereocenters. The SMILES string of the molecule is [B]N1C(=O)CCCC1C=C. The van der Waals surface area contributed by atoms with Crippen LogP contribution in [0, 0.1) is 0 Å². The normalized spacial score (nSPS) is 26.6. The summed E-state index contributed by atoms with van der Waals surface area (Å²) in [5, 5.41) is 0. The van der Waals surface area contributed by atoms with Crippen LogP contribution in [-0.4, -0.2) is 24.7 Å². The highest BCUT2D eigenvalue weighted by Gasteiger charge is 2.20. The van der Waals surface area contributed by atoms with Gasteiger partial charge in [-0.25, -0.2) is 0 Å². The van der Waals surface area contributed by atoms with Gasteiger partial charge in [0, 0.05) is 12.5 Å². The van der Waals surface area contributed by atoms with Crippen molar-refractivity contribution in [2.24, 2.45) is 0 Å². The number of carbonyl (C=O) groups excluding carboxylic acids is 1. The maximum absolute atomic E-state index is 10.9. The lowest BCUT2D eigenvalue weighted by atomic mass is 9.98. The summed E-state index contributed by atoms with van der Waals surface area (Å²) in [6, 6.07) is 0.0567. The molecule has 0 aromatic carbocycles. The van der Waals surface area contributed by atoms with E-state index in [1.807, 2.05) is 0 Å². The third-order valence-electron chi connectivity index (χ3n) is 1.81. The van der Waals surface area contributed by atoms with E-state index in [4.69, 9.17) is 7.98 Å². The highest BCUT2D eigenvalue weighted by Crippen LogP contribution is 2.15. The molecule has 0 aliphatic carbocycles. The zero-order valence-electron chi connectivity index (χ0n) is 5.92. The van der Waals surface area contributed by atoms with Gasteiger partial charge in [-0.05, 0) is 12.8 Å². The Morgan fingerprint density at radius 2 is 2.50 bits per heavy atom. The van der Waals surface area contributed by atoms with Gasteiger partial charge in [0.2, 0.25) is 13.9 Å². The number of nitrogens with zero attached hydrogens (tertiary/aromatic N) is 1. The number of hydrogen-bond donors (Lipinski definition) is 0. The Morgan fingerprint density at radius 3 is 3.00 bits per heavy atom. The molecule has 1 saturated heterocycles. The van der Waals surface area contributed by atoms with Gasteiger partial charge in [-0.2, -0.15) is 0 Å². The molecular formula is C7H10BNO. The van der Waals surface area contributed by atoms with Crippen LogP contribution in [0.1, 0.15) is 19.3 Å². The molecule has 2 radical (unpaired) electrons.